The van der Waals surface area contributed by atoms with Gasteiger partial charge in [-0.15, -0.1) is 0 Å². The van der Waals surface area contributed by atoms with Crippen LogP contribution in [0.25, 0.3) is 16.9 Å². The molecule has 0 atom stereocenters. The molecule has 0 spiro atoms. The number of hydrogen-bond donors (Lipinski definition) is 2. The molecule has 0 unspecified atom stereocenters. The maximum absolute atomic E-state index is 14.0. The maximum atomic E-state index is 14.0. The summed E-state index contributed by atoms with van der Waals surface area (Å²) >= 11 is 0. The molecule has 5 aromatic rings. The fourth-order valence-corrected chi connectivity index (χ4v) is 4.36. The topological polar surface area (TPSA) is 106 Å². The van der Waals surface area contributed by atoms with Gasteiger partial charge in [0.2, 0.25) is 0 Å². The Labute approximate surface area is 233 Å². The number of amides is 2. The van der Waals surface area contributed by atoms with Crippen LogP contribution in [-0.2, 0) is 12.7 Å². The van der Waals surface area contributed by atoms with Gasteiger partial charge in [-0.1, -0.05) is 44.2 Å². The lowest BCUT2D eigenvalue weighted by Crippen LogP contribution is -2.18. The van der Waals surface area contributed by atoms with Gasteiger partial charge in [-0.3, -0.25) is 14.3 Å². The van der Waals surface area contributed by atoms with Crippen molar-refractivity contribution in [1.82, 2.24) is 24.4 Å². The minimum absolute atomic E-state index is 0.0608. The molecule has 0 aliphatic rings. The highest BCUT2D eigenvalue weighted by atomic mass is 19.4. The summed E-state index contributed by atoms with van der Waals surface area (Å²) in [5, 5.41) is 13.3. The third-order valence-electron chi connectivity index (χ3n) is 6.51. The molecule has 5 rings (SSSR count). The zero-order valence-electron chi connectivity index (χ0n) is 22.4. The number of alkyl halides is 3. The average Bonchev–Trinajstić information content (AvgIpc) is 3.59. The van der Waals surface area contributed by atoms with Gasteiger partial charge in [0, 0.05) is 29.7 Å². The van der Waals surface area contributed by atoms with E-state index in [2.05, 4.69) is 25.8 Å². The third kappa shape index (κ3) is 5.67. The van der Waals surface area contributed by atoms with E-state index < -0.39 is 17.8 Å². The first-order valence-electron chi connectivity index (χ1n) is 12.9. The van der Waals surface area contributed by atoms with E-state index in [4.69, 9.17) is 0 Å². The Morgan fingerprint density at radius 3 is 2.24 bits per heavy atom. The van der Waals surface area contributed by atoms with E-state index in [1.165, 1.54) is 12.3 Å². The molecular formula is C29H26F3N7O2. The number of nitrogens with one attached hydrogen (secondary N) is 2. The van der Waals surface area contributed by atoms with E-state index in [9.17, 15) is 22.8 Å². The molecule has 0 aliphatic carbocycles. The summed E-state index contributed by atoms with van der Waals surface area (Å²) in [5.41, 5.74) is 1.22. The normalized spacial score (nSPS) is 11.7. The van der Waals surface area contributed by atoms with E-state index in [1.54, 1.807) is 41.1 Å². The van der Waals surface area contributed by atoms with Crippen molar-refractivity contribution in [2.24, 2.45) is 0 Å². The van der Waals surface area contributed by atoms with Crippen molar-refractivity contribution < 1.29 is 22.8 Å². The third-order valence-corrected chi connectivity index (χ3v) is 6.51. The molecular weight excluding hydrogens is 535 g/mol. The van der Waals surface area contributed by atoms with Crippen LogP contribution in [0.3, 0.4) is 0 Å². The van der Waals surface area contributed by atoms with Gasteiger partial charge in [0.1, 0.15) is 11.3 Å². The molecule has 210 valence electrons. The second kappa shape index (κ2) is 10.9. The number of halogens is 3. The highest BCUT2D eigenvalue weighted by Gasteiger charge is 2.36. The monoisotopic (exact) mass is 561 g/mol. The predicted molar refractivity (Wildman–Crippen MR) is 148 cm³/mol. The minimum Gasteiger partial charge on any atom is -0.322 e. The second-order valence-corrected chi connectivity index (χ2v) is 9.62. The zero-order chi connectivity index (χ0) is 29.3. The molecule has 2 N–H and O–H groups in total. The van der Waals surface area contributed by atoms with Crippen molar-refractivity contribution in [3.63, 3.8) is 0 Å². The first-order valence-corrected chi connectivity index (χ1v) is 12.9. The second-order valence-electron chi connectivity index (χ2n) is 9.62. The summed E-state index contributed by atoms with van der Waals surface area (Å²) in [7, 11) is 0. The number of aromatic nitrogens is 5. The zero-order valence-corrected chi connectivity index (χ0v) is 22.4. The van der Waals surface area contributed by atoms with Crippen molar-refractivity contribution in [2.75, 3.05) is 10.6 Å². The average molecular weight is 562 g/mol. The smallest absolute Gasteiger partial charge is 0.322 e. The van der Waals surface area contributed by atoms with Gasteiger partial charge >= 0.3 is 6.18 Å². The van der Waals surface area contributed by atoms with Gasteiger partial charge in [-0.25, -0.2) is 9.50 Å². The molecule has 9 nitrogen and oxygen atoms in total. The van der Waals surface area contributed by atoms with E-state index in [0.717, 1.165) is 17.8 Å². The quantitative estimate of drug-likeness (QED) is 0.244. The lowest BCUT2D eigenvalue weighted by molar-refractivity contribution is -0.142. The molecule has 0 bridgehead atoms. The molecule has 0 aliphatic heterocycles. The standard InChI is InChI=1S/C29H26F3N7O2/c1-4-38-24(12-13-33-38)28(41)36-21-7-5-6-20(14-21)35-27(40)22-16-34-39-25(29(30,31)32)15-23(37-26(22)39)19-10-8-18(9-11-19)17(2)3/h5-17H,4H2,1-3H3,(H,35,40)(H,36,41). The number of nitrogens with zero attached hydrogens (tertiary/aromatic N) is 5. The molecule has 2 aromatic carbocycles. The Bertz CT molecular complexity index is 1740. The molecule has 3 heterocycles. The molecule has 0 saturated heterocycles. The van der Waals surface area contributed by atoms with Crippen LogP contribution in [0.15, 0.2) is 73.1 Å². The molecule has 0 saturated carbocycles. The maximum Gasteiger partial charge on any atom is 0.433 e. The molecule has 3 aromatic heterocycles. The van der Waals surface area contributed by atoms with Crippen LogP contribution in [0.1, 0.15) is 58.8 Å². The van der Waals surface area contributed by atoms with E-state index in [-0.39, 0.29) is 28.7 Å². The van der Waals surface area contributed by atoms with Crippen molar-refractivity contribution in [1.29, 1.82) is 0 Å². The van der Waals surface area contributed by atoms with Gasteiger partial charge in [0.15, 0.2) is 11.3 Å². The van der Waals surface area contributed by atoms with Crippen LogP contribution < -0.4 is 10.6 Å². The highest BCUT2D eigenvalue weighted by Crippen LogP contribution is 2.33. The van der Waals surface area contributed by atoms with Crippen LogP contribution >= 0.6 is 0 Å². The fraction of sp³-hybridized carbons (Fsp3) is 0.207. The Hall–Kier alpha value is -5.00. The number of carbonyl (C=O) groups is 2. The van der Waals surface area contributed by atoms with Crippen LogP contribution in [0.5, 0.6) is 0 Å². The van der Waals surface area contributed by atoms with Crippen molar-refractivity contribution in [2.45, 2.75) is 39.4 Å². The van der Waals surface area contributed by atoms with Crippen molar-refractivity contribution in [3.05, 3.63) is 95.6 Å². The molecule has 0 radical (unpaired) electrons. The first-order chi connectivity index (χ1) is 19.5. The lowest BCUT2D eigenvalue weighted by atomic mass is 10.0. The number of benzene rings is 2. The SMILES string of the molecule is CCn1nccc1C(=O)Nc1cccc(NC(=O)c2cnn3c(C(F)(F)F)cc(-c4ccc(C(C)C)cc4)nc23)c1. The number of carbonyl (C=O) groups excluding carboxylic acids is 2. The Morgan fingerprint density at radius 1 is 0.927 bits per heavy atom. The van der Waals surface area contributed by atoms with Crippen LogP contribution in [0.2, 0.25) is 0 Å². The minimum atomic E-state index is -4.74. The molecule has 0 fully saturated rings. The summed E-state index contributed by atoms with van der Waals surface area (Å²) in [6.07, 6.45) is -2.17. The molecule has 41 heavy (non-hydrogen) atoms. The van der Waals surface area contributed by atoms with Gasteiger partial charge in [0.05, 0.1) is 11.9 Å². The molecule has 2 amide bonds. The van der Waals surface area contributed by atoms with Crippen LogP contribution in [0.4, 0.5) is 24.5 Å². The van der Waals surface area contributed by atoms with E-state index in [0.29, 0.717) is 33.7 Å². The fourth-order valence-electron chi connectivity index (χ4n) is 4.36. The lowest BCUT2D eigenvalue weighted by Gasteiger charge is -2.13. The van der Waals surface area contributed by atoms with E-state index >= 15 is 0 Å². The Balaban J connectivity index is 1.45. The number of anilines is 2. The Morgan fingerprint density at radius 2 is 1.61 bits per heavy atom. The summed E-state index contributed by atoms with van der Waals surface area (Å²) in [6, 6.07) is 16.0. The summed E-state index contributed by atoms with van der Waals surface area (Å²) in [4.78, 5) is 30.3. The summed E-state index contributed by atoms with van der Waals surface area (Å²) < 4.78 is 44.2. The largest absolute Gasteiger partial charge is 0.433 e. The van der Waals surface area contributed by atoms with Crippen molar-refractivity contribution >= 4 is 28.8 Å². The number of fused-ring (bicyclic) bond motifs is 1. The predicted octanol–water partition coefficient (Wildman–Crippen LogP) is 6.26. The Kier molecular flexibility index (Phi) is 7.31. The van der Waals surface area contributed by atoms with Crippen LogP contribution in [-0.4, -0.2) is 36.2 Å². The number of hydrogen-bond acceptors (Lipinski definition) is 5. The number of rotatable bonds is 7. The highest BCUT2D eigenvalue weighted by molar-refractivity contribution is 6.09. The summed E-state index contributed by atoms with van der Waals surface area (Å²) in [5.74, 6) is -0.837. The first kappa shape index (κ1) is 27.6. The van der Waals surface area contributed by atoms with Gasteiger partial charge in [-0.05, 0) is 48.7 Å². The van der Waals surface area contributed by atoms with Crippen LogP contribution in [0, 0.1) is 0 Å². The number of aryl methyl sites for hydroxylation is 1. The van der Waals surface area contributed by atoms with Crippen molar-refractivity contribution in [3.8, 4) is 11.3 Å². The van der Waals surface area contributed by atoms with Gasteiger partial charge in [0.25, 0.3) is 11.8 Å². The van der Waals surface area contributed by atoms with Gasteiger partial charge in [-0.2, -0.15) is 23.4 Å². The molecule has 12 heteroatoms. The summed E-state index contributed by atoms with van der Waals surface area (Å²) in [6.45, 7) is 6.41. The van der Waals surface area contributed by atoms with Gasteiger partial charge < -0.3 is 10.6 Å². The van der Waals surface area contributed by atoms with E-state index in [1.807, 2.05) is 32.9 Å².